The van der Waals surface area contributed by atoms with Gasteiger partial charge in [0.05, 0.1) is 11.0 Å². The number of benzene rings is 3. The molecule has 4 aliphatic carbocycles. The zero-order valence-corrected chi connectivity index (χ0v) is 23.2. The molecule has 206 valence electrons. The van der Waals surface area contributed by atoms with E-state index in [2.05, 4.69) is 54.4 Å². The Labute approximate surface area is 236 Å². The molecule has 5 heteroatoms. The number of nitrogens with zero attached hydrogens (tertiary/aromatic N) is 1. The second-order valence-electron chi connectivity index (χ2n) is 13.2. The van der Waals surface area contributed by atoms with Crippen LogP contribution in [0.5, 0.6) is 11.5 Å². The van der Waals surface area contributed by atoms with Crippen molar-refractivity contribution in [3.05, 3.63) is 107 Å². The van der Waals surface area contributed by atoms with Gasteiger partial charge in [-0.25, -0.2) is 0 Å². The standard InChI is InChI=1S/C35H37NO4/c1-32(37,20-23-9-5-3-6-10-23)27-21-33-15-16-35(27,38)31-34(33)17-18-36(2)28(33)19-25-13-14-26(30(40-31)29(25)34)39-22-24-11-7-4-8-12-24/h3-16,27-28,31,37-38H,17-22H2,1-2H3/t27-,28-,31-,32+,33-,34+,35-/m1/s1. The fraction of sp³-hybridized carbons (Fsp3) is 0.429. The van der Waals surface area contributed by atoms with Crippen LogP contribution in [-0.4, -0.2) is 52.1 Å². The van der Waals surface area contributed by atoms with Crippen LogP contribution in [0.15, 0.2) is 84.9 Å². The van der Waals surface area contributed by atoms with E-state index in [1.807, 2.05) is 49.4 Å². The minimum absolute atomic E-state index is 0.239. The average Bonchev–Trinajstić information content (AvgIpc) is 3.33. The van der Waals surface area contributed by atoms with Crippen molar-refractivity contribution < 1.29 is 19.7 Å². The number of hydrogen-bond donors (Lipinski definition) is 2. The number of likely N-dealkylation sites (N-methyl/N-ethyl adjacent to an activating group) is 1. The van der Waals surface area contributed by atoms with E-state index in [-0.39, 0.29) is 22.8 Å². The lowest BCUT2D eigenvalue weighted by molar-refractivity contribution is -0.237. The zero-order valence-electron chi connectivity index (χ0n) is 23.2. The fourth-order valence-corrected chi connectivity index (χ4v) is 9.45. The predicted molar refractivity (Wildman–Crippen MR) is 153 cm³/mol. The normalized spacial score (nSPS) is 36.0. The quantitative estimate of drug-likeness (QED) is 0.443. The summed E-state index contributed by atoms with van der Waals surface area (Å²) in [6.07, 6.45) is 6.88. The minimum Gasteiger partial charge on any atom is -0.485 e. The first-order chi connectivity index (χ1) is 19.3. The van der Waals surface area contributed by atoms with Gasteiger partial charge in [0.1, 0.15) is 18.3 Å². The Morgan fingerprint density at radius 2 is 1.73 bits per heavy atom. The number of hydrogen-bond acceptors (Lipinski definition) is 5. The second-order valence-corrected chi connectivity index (χ2v) is 13.2. The monoisotopic (exact) mass is 535 g/mol. The van der Waals surface area contributed by atoms with E-state index in [9.17, 15) is 10.2 Å². The molecule has 5 nitrogen and oxygen atoms in total. The lowest BCUT2D eigenvalue weighted by atomic mass is 9.36. The van der Waals surface area contributed by atoms with Crippen LogP contribution in [-0.2, 0) is 24.9 Å². The topological polar surface area (TPSA) is 62.2 Å². The molecule has 2 spiro atoms. The molecule has 3 aromatic rings. The van der Waals surface area contributed by atoms with E-state index < -0.39 is 17.3 Å². The highest BCUT2D eigenvalue weighted by molar-refractivity contribution is 5.65. The van der Waals surface area contributed by atoms with E-state index in [1.165, 1.54) is 11.1 Å². The van der Waals surface area contributed by atoms with Crippen LogP contribution in [0.25, 0.3) is 0 Å². The first-order valence-electron chi connectivity index (χ1n) is 14.7. The van der Waals surface area contributed by atoms with Gasteiger partial charge in [-0.2, -0.15) is 0 Å². The van der Waals surface area contributed by atoms with Gasteiger partial charge in [0, 0.05) is 29.4 Å². The van der Waals surface area contributed by atoms with Crippen molar-refractivity contribution in [3.8, 4) is 11.5 Å². The Morgan fingerprint density at radius 3 is 2.48 bits per heavy atom. The van der Waals surface area contributed by atoms with Gasteiger partial charge in [-0.15, -0.1) is 0 Å². The molecule has 3 aromatic carbocycles. The molecule has 2 aliphatic heterocycles. The van der Waals surface area contributed by atoms with E-state index in [0.717, 1.165) is 48.4 Å². The van der Waals surface area contributed by atoms with Gasteiger partial charge in [0.2, 0.25) is 0 Å². The molecule has 0 amide bonds. The van der Waals surface area contributed by atoms with Crippen molar-refractivity contribution in [2.75, 3.05) is 13.6 Å². The fourth-order valence-electron chi connectivity index (χ4n) is 9.45. The molecule has 0 unspecified atom stereocenters. The zero-order chi connectivity index (χ0) is 27.3. The molecule has 1 saturated heterocycles. The first kappa shape index (κ1) is 24.7. The van der Waals surface area contributed by atoms with Crippen LogP contribution in [0.2, 0.25) is 0 Å². The van der Waals surface area contributed by atoms with Crippen LogP contribution in [0, 0.1) is 11.3 Å². The van der Waals surface area contributed by atoms with Gasteiger partial charge < -0.3 is 24.6 Å². The van der Waals surface area contributed by atoms with E-state index in [4.69, 9.17) is 9.47 Å². The summed E-state index contributed by atoms with van der Waals surface area (Å²) < 4.78 is 13.4. The average molecular weight is 536 g/mol. The maximum Gasteiger partial charge on any atom is 0.166 e. The summed E-state index contributed by atoms with van der Waals surface area (Å²) in [5.74, 6) is 1.17. The predicted octanol–water partition coefficient (Wildman–Crippen LogP) is 4.83. The van der Waals surface area contributed by atoms with Gasteiger partial charge in [0.15, 0.2) is 11.5 Å². The summed E-state index contributed by atoms with van der Waals surface area (Å²) in [7, 11) is 2.24. The second kappa shape index (κ2) is 8.22. The van der Waals surface area contributed by atoms with Crippen LogP contribution in [0.3, 0.4) is 0 Å². The lowest BCUT2D eigenvalue weighted by Gasteiger charge is -2.71. The summed E-state index contributed by atoms with van der Waals surface area (Å²) in [5, 5.41) is 24.9. The molecule has 7 atom stereocenters. The first-order valence-corrected chi connectivity index (χ1v) is 14.7. The summed E-state index contributed by atoms with van der Waals surface area (Å²) >= 11 is 0. The van der Waals surface area contributed by atoms with Crippen molar-refractivity contribution in [3.63, 3.8) is 0 Å². The SMILES string of the molecule is CN1CC[C@]23c4c5ccc(OCc6ccccc6)c4O[C@H]2[C@@]2(O)C=C[C@@]3(C[C@@H]2[C@@](C)(O)Cc2ccccc2)[C@H]1C5. The number of aliphatic hydroxyl groups is 2. The summed E-state index contributed by atoms with van der Waals surface area (Å²) in [5.41, 5.74) is 1.73. The Kier molecular flexibility index (Phi) is 5.07. The smallest absolute Gasteiger partial charge is 0.166 e. The van der Waals surface area contributed by atoms with Crippen molar-refractivity contribution >= 4 is 0 Å². The van der Waals surface area contributed by atoms with Crippen LogP contribution in [0.1, 0.15) is 42.0 Å². The maximum atomic E-state index is 12.7. The van der Waals surface area contributed by atoms with Crippen LogP contribution >= 0.6 is 0 Å². The molecule has 40 heavy (non-hydrogen) atoms. The van der Waals surface area contributed by atoms with E-state index in [1.54, 1.807) is 0 Å². The lowest BCUT2D eigenvalue weighted by Crippen LogP contribution is -2.80. The molecule has 0 radical (unpaired) electrons. The maximum absolute atomic E-state index is 12.7. The number of fused-ring (bicyclic) bond motifs is 1. The van der Waals surface area contributed by atoms with Crippen molar-refractivity contribution in [1.29, 1.82) is 0 Å². The number of rotatable bonds is 6. The highest BCUT2D eigenvalue weighted by Crippen LogP contribution is 2.75. The van der Waals surface area contributed by atoms with Crippen molar-refractivity contribution in [2.24, 2.45) is 11.3 Å². The molecule has 2 heterocycles. The molecule has 1 saturated carbocycles. The minimum atomic E-state index is -1.30. The van der Waals surface area contributed by atoms with Gasteiger partial charge in [-0.05, 0) is 62.5 Å². The van der Waals surface area contributed by atoms with Gasteiger partial charge in [0.25, 0.3) is 0 Å². The molecule has 9 rings (SSSR count). The third-order valence-corrected chi connectivity index (χ3v) is 11.1. The Hall–Kier alpha value is -3.12. The van der Waals surface area contributed by atoms with Crippen molar-refractivity contribution in [2.45, 2.75) is 68.0 Å². The number of ether oxygens (including phenoxy) is 2. The van der Waals surface area contributed by atoms with Gasteiger partial charge in [-0.3, -0.25) is 0 Å². The number of piperidine rings is 1. The molecule has 2 fully saturated rings. The summed E-state index contributed by atoms with van der Waals surface area (Å²) in [6.45, 7) is 3.32. The van der Waals surface area contributed by atoms with Crippen LogP contribution < -0.4 is 9.47 Å². The molecular weight excluding hydrogens is 498 g/mol. The Morgan fingerprint density at radius 1 is 1.00 bits per heavy atom. The Balaban J connectivity index is 1.25. The largest absolute Gasteiger partial charge is 0.485 e. The molecule has 4 bridgehead atoms. The number of likely N-dealkylation sites (tertiary alicyclic amines) is 1. The summed E-state index contributed by atoms with van der Waals surface area (Å²) in [4.78, 5) is 2.51. The third kappa shape index (κ3) is 3.03. The highest BCUT2D eigenvalue weighted by atomic mass is 16.5. The van der Waals surface area contributed by atoms with Gasteiger partial charge in [-0.1, -0.05) is 78.9 Å². The van der Waals surface area contributed by atoms with Gasteiger partial charge >= 0.3 is 0 Å². The summed E-state index contributed by atoms with van der Waals surface area (Å²) in [6, 6.07) is 24.9. The van der Waals surface area contributed by atoms with Crippen molar-refractivity contribution in [1.82, 2.24) is 4.90 Å². The van der Waals surface area contributed by atoms with E-state index >= 15 is 0 Å². The highest BCUT2D eigenvalue weighted by Gasteiger charge is 2.79. The molecular formula is C35H37NO4. The Bertz CT molecular complexity index is 1500. The third-order valence-electron chi connectivity index (χ3n) is 11.1. The molecule has 6 aliphatic rings. The molecule has 2 N–H and O–H groups in total. The van der Waals surface area contributed by atoms with Crippen LogP contribution in [0.4, 0.5) is 0 Å². The van der Waals surface area contributed by atoms with E-state index in [0.29, 0.717) is 13.0 Å². The molecule has 0 aromatic heterocycles.